The monoisotopic (exact) mass is 548 g/mol. The Balaban J connectivity index is 1.73. The van der Waals surface area contributed by atoms with Gasteiger partial charge in [-0.15, -0.1) is 0 Å². The minimum Gasteiger partial charge on any atom is -0.481 e. The fourth-order valence-electron chi connectivity index (χ4n) is 4.64. The maximum atomic E-state index is 13.4. The Kier molecular flexibility index (Phi) is 9.85. The molecule has 1 aliphatic carbocycles. The number of benzene rings is 2. The molecule has 0 aliphatic heterocycles. The Morgan fingerprint density at radius 3 is 2.22 bits per heavy atom. The molecule has 0 unspecified atom stereocenters. The van der Waals surface area contributed by atoms with Crippen LogP contribution in [0, 0.1) is 11.3 Å². The van der Waals surface area contributed by atoms with E-state index in [1.54, 1.807) is 41.3 Å². The normalized spacial score (nSPS) is 17.6. The van der Waals surface area contributed by atoms with E-state index in [2.05, 4.69) is 26.1 Å². The van der Waals surface area contributed by atoms with Gasteiger partial charge in [0.25, 0.3) is 5.91 Å². The molecule has 2 aromatic carbocycles. The van der Waals surface area contributed by atoms with E-state index in [0.29, 0.717) is 33.8 Å². The van der Waals surface area contributed by atoms with Gasteiger partial charge in [-0.3, -0.25) is 9.59 Å². The van der Waals surface area contributed by atoms with Crippen molar-refractivity contribution in [1.29, 1.82) is 0 Å². The van der Waals surface area contributed by atoms with Crippen LogP contribution in [0.15, 0.2) is 42.5 Å². The van der Waals surface area contributed by atoms with E-state index in [0.717, 1.165) is 31.2 Å². The molecule has 0 heterocycles. The second-order valence-corrected chi connectivity index (χ2v) is 11.4. The minimum absolute atomic E-state index is 0.0212. The molecule has 0 bridgehead atoms. The average Bonchev–Trinajstić information content (AvgIpc) is 2.84. The molecular formula is C28H34Cl2N2O5. The van der Waals surface area contributed by atoms with Gasteiger partial charge in [-0.1, -0.05) is 56.1 Å². The molecule has 3 rings (SSSR count). The summed E-state index contributed by atoms with van der Waals surface area (Å²) in [4.78, 5) is 38.0. The van der Waals surface area contributed by atoms with Crippen molar-refractivity contribution >= 4 is 41.2 Å². The summed E-state index contributed by atoms with van der Waals surface area (Å²) in [6.45, 7) is 7.16. The van der Waals surface area contributed by atoms with Crippen LogP contribution in [0.3, 0.4) is 0 Å². The lowest BCUT2D eigenvalue weighted by Crippen LogP contribution is -2.44. The third-order valence-electron chi connectivity index (χ3n) is 6.89. The molecule has 1 saturated carbocycles. The molecular weight excluding hydrogens is 515 g/mol. The van der Waals surface area contributed by atoms with Crippen molar-refractivity contribution in [2.75, 3.05) is 6.54 Å². The first-order valence-electron chi connectivity index (χ1n) is 12.5. The van der Waals surface area contributed by atoms with Crippen LogP contribution in [0.5, 0.6) is 5.75 Å². The van der Waals surface area contributed by atoms with Gasteiger partial charge in [0.1, 0.15) is 5.75 Å². The summed E-state index contributed by atoms with van der Waals surface area (Å²) in [5.74, 6) is -0.402. The van der Waals surface area contributed by atoms with Crippen molar-refractivity contribution in [3.05, 3.63) is 63.6 Å². The van der Waals surface area contributed by atoms with Crippen LogP contribution in [0.25, 0.3) is 0 Å². The van der Waals surface area contributed by atoms with Gasteiger partial charge in [0.2, 0.25) is 0 Å². The lowest BCUT2D eigenvalue weighted by molar-refractivity contribution is -0.136. The number of carbonyl (C=O) groups excluding carboxylic acids is 2. The van der Waals surface area contributed by atoms with Crippen LogP contribution < -0.4 is 10.1 Å². The van der Waals surface area contributed by atoms with E-state index in [1.165, 1.54) is 6.07 Å². The first-order valence-corrected chi connectivity index (χ1v) is 13.2. The molecule has 1 aliphatic rings. The summed E-state index contributed by atoms with van der Waals surface area (Å²) in [7, 11) is 0. The highest BCUT2D eigenvalue weighted by atomic mass is 35.5. The summed E-state index contributed by atoms with van der Waals surface area (Å²) >= 11 is 12.1. The standard InChI is InChI=1S/C28H34Cl2N2O5/c1-28(2,3)20-8-10-21(11-9-20)32(27(36)37-22-12-13-23(29)24(30)16-22)17-18-4-6-19(7-5-18)26(35)31-15-14-25(33)34/h4-7,12-13,16,20-21H,8-11,14-15,17H2,1-3H3,(H,31,35)(H,33,34). The number of aliphatic carboxylic acids is 1. The van der Waals surface area contributed by atoms with Gasteiger partial charge in [-0.05, 0) is 66.8 Å². The number of carbonyl (C=O) groups is 3. The number of halogens is 2. The predicted molar refractivity (Wildman–Crippen MR) is 144 cm³/mol. The molecule has 200 valence electrons. The summed E-state index contributed by atoms with van der Waals surface area (Å²) in [5, 5.41) is 12.0. The summed E-state index contributed by atoms with van der Waals surface area (Å²) in [6.07, 6.45) is 3.20. The molecule has 37 heavy (non-hydrogen) atoms. The van der Waals surface area contributed by atoms with Crippen molar-refractivity contribution in [1.82, 2.24) is 10.2 Å². The number of hydrogen-bond acceptors (Lipinski definition) is 4. The first-order chi connectivity index (χ1) is 17.4. The fraction of sp³-hybridized carbons (Fsp3) is 0.464. The average molecular weight is 549 g/mol. The lowest BCUT2D eigenvalue weighted by Gasteiger charge is -2.40. The second kappa shape index (κ2) is 12.7. The predicted octanol–water partition coefficient (Wildman–Crippen LogP) is 6.80. The Morgan fingerprint density at radius 1 is 1.00 bits per heavy atom. The molecule has 2 amide bonds. The molecule has 2 N–H and O–H groups in total. The number of hydrogen-bond donors (Lipinski definition) is 2. The van der Waals surface area contributed by atoms with E-state index in [9.17, 15) is 14.4 Å². The van der Waals surface area contributed by atoms with Gasteiger partial charge in [-0.25, -0.2) is 4.79 Å². The number of amides is 2. The van der Waals surface area contributed by atoms with Crippen LogP contribution in [-0.4, -0.2) is 40.6 Å². The van der Waals surface area contributed by atoms with E-state index >= 15 is 0 Å². The lowest BCUT2D eigenvalue weighted by atomic mass is 9.71. The smallest absolute Gasteiger partial charge is 0.415 e. The molecule has 0 saturated heterocycles. The van der Waals surface area contributed by atoms with Crippen LogP contribution in [0.2, 0.25) is 10.0 Å². The third-order valence-corrected chi connectivity index (χ3v) is 7.63. The van der Waals surface area contributed by atoms with Gasteiger partial charge < -0.3 is 20.1 Å². The third kappa shape index (κ3) is 8.37. The topological polar surface area (TPSA) is 95.9 Å². The molecule has 0 radical (unpaired) electrons. The van der Waals surface area contributed by atoms with Gasteiger partial charge in [-0.2, -0.15) is 0 Å². The Hall–Kier alpha value is -2.77. The Morgan fingerprint density at radius 2 is 1.65 bits per heavy atom. The van der Waals surface area contributed by atoms with Gasteiger partial charge in [0.15, 0.2) is 0 Å². The van der Waals surface area contributed by atoms with Crippen molar-refractivity contribution in [3.8, 4) is 5.75 Å². The highest BCUT2D eigenvalue weighted by molar-refractivity contribution is 6.42. The molecule has 7 nitrogen and oxygen atoms in total. The zero-order valence-corrected chi connectivity index (χ0v) is 22.9. The van der Waals surface area contributed by atoms with Gasteiger partial charge >= 0.3 is 12.1 Å². The quantitative estimate of drug-likeness (QED) is 0.378. The SMILES string of the molecule is CC(C)(C)C1CCC(N(Cc2ccc(C(=O)NCCC(=O)O)cc2)C(=O)Oc2ccc(Cl)c(Cl)c2)CC1. The zero-order valence-electron chi connectivity index (χ0n) is 21.4. The highest BCUT2D eigenvalue weighted by Gasteiger charge is 2.34. The maximum absolute atomic E-state index is 13.4. The van der Waals surface area contributed by atoms with E-state index < -0.39 is 12.1 Å². The summed E-state index contributed by atoms with van der Waals surface area (Å²) < 4.78 is 5.69. The van der Waals surface area contributed by atoms with Crippen LogP contribution in [0.1, 0.15) is 68.8 Å². The van der Waals surface area contributed by atoms with Crippen molar-refractivity contribution < 1.29 is 24.2 Å². The van der Waals surface area contributed by atoms with Gasteiger partial charge in [0, 0.05) is 30.8 Å². The number of carboxylic acid groups (broad SMARTS) is 1. The zero-order chi connectivity index (χ0) is 27.2. The molecule has 1 fully saturated rings. The van der Waals surface area contributed by atoms with Crippen LogP contribution in [-0.2, 0) is 11.3 Å². The number of carboxylic acids is 1. The summed E-state index contributed by atoms with van der Waals surface area (Å²) in [5.41, 5.74) is 1.49. The minimum atomic E-state index is -0.972. The maximum Gasteiger partial charge on any atom is 0.415 e. The van der Waals surface area contributed by atoms with Crippen molar-refractivity contribution in [2.45, 2.75) is 65.5 Å². The van der Waals surface area contributed by atoms with Crippen LogP contribution >= 0.6 is 23.2 Å². The van der Waals surface area contributed by atoms with Crippen molar-refractivity contribution in [2.24, 2.45) is 11.3 Å². The number of ether oxygens (including phenoxy) is 1. The molecule has 0 spiro atoms. The second-order valence-electron chi connectivity index (χ2n) is 10.5. The van der Waals surface area contributed by atoms with E-state index in [4.69, 9.17) is 33.0 Å². The number of rotatable bonds is 8. The first kappa shape index (κ1) is 28.8. The fourth-order valence-corrected chi connectivity index (χ4v) is 4.93. The molecule has 0 atom stereocenters. The molecule has 0 aromatic heterocycles. The number of nitrogens with zero attached hydrogens (tertiary/aromatic N) is 1. The number of nitrogens with one attached hydrogen (secondary N) is 1. The van der Waals surface area contributed by atoms with E-state index in [1.807, 2.05) is 0 Å². The summed E-state index contributed by atoms with van der Waals surface area (Å²) in [6, 6.07) is 11.7. The molecule has 9 heteroatoms. The Labute approximate surface area is 228 Å². The van der Waals surface area contributed by atoms with Gasteiger partial charge in [0.05, 0.1) is 16.5 Å². The van der Waals surface area contributed by atoms with Crippen molar-refractivity contribution in [3.63, 3.8) is 0 Å². The van der Waals surface area contributed by atoms with E-state index in [-0.39, 0.29) is 30.3 Å². The highest BCUT2D eigenvalue weighted by Crippen LogP contribution is 2.39. The Bertz CT molecular complexity index is 1110. The molecule has 2 aromatic rings. The van der Waals surface area contributed by atoms with Crippen LogP contribution in [0.4, 0.5) is 4.79 Å². The largest absolute Gasteiger partial charge is 0.481 e.